The number of hydrogen-bond acceptors (Lipinski definition) is 6. The fourth-order valence-corrected chi connectivity index (χ4v) is 4.90. The summed E-state index contributed by atoms with van der Waals surface area (Å²) in [7, 11) is -3.98. The number of halogens is 2. The lowest BCUT2D eigenvalue weighted by molar-refractivity contribution is -0.384. The van der Waals surface area contributed by atoms with Crippen LogP contribution in [-0.4, -0.2) is 60.7 Å². The molecule has 1 unspecified atom stereocenters. The molecule has 1 saturated heterocycles. The molecule has 166 valence electrons. The minimum absolute atomic E-state index is 0.0891. The maximum atomic E-state index is 13.9. The first-order chi connectivity index (χ1) is 14.6. The Hall–Kier alpha value is -2.60. The van der Waals surface area contributed by atoms with Gasteiger partial charge in [0.05, 0.1) is 21.7 Å². The number of benzene rings is 2. The Labute approximate surface area is 183 Å². The molecule has 1 aliphatic heterocycles. The van der Waals surface area contributed by atoms with Gasteiger partial charge in [-0.15, -0.1) is 0 Å². The highest BCUT2D eigenvalue weighted by molar-refractivity contribution is 7.89. The van der Waals surface area contributed by atoms with Crippen molar-refractivity contribution in [2.24, 2.45) is 0 Å². The highest BCUT2D eigenvalue weighted by Gasteiger charge is 2.33. The third-order valence-corrected chi connectivity index (χ3v) is 7.33. The largest absolute Gasteiger partial charge is 0.323 e. The Morgan fingerprint density at radius 3 is 2.45 bits per heavy atom. The normalized spacial score (nSPS) is 16.6. The van der Waals surface area contributed by atoms with E-state index in [0.717, 1.165) is 6.07 Å². The molecule has 1 N–H and O–H groups in total. The van der Waals surface area contributed by atoms with Gasteiger partial charge >= 0.3 is 0 Å². The molecule has 9 nitrogen and oxygen atoms in total. The van der Waals surface area contributed by atoms with Gasteiger partial charge in [-0.05, 0) is 25.1 Å². The highest BCUT2D eigenvalue weighted by atomic mass is 35.5. The number of amides is 1. The first-order valence-electron chi connectivity index (χ1n) is 9.35. The molecule has 2 aromatic rings. The summed E-state index contributed by atoms with van der Waals surface area (Å²) in [5.74, 6) is -1.25. The van der Waals surface area contributed by atoms with E-state index >= 15 is 0 Å². The van der Waals surface area contributed by atoms with Crippen LogP contribution in [0.5, 0.6) is 0 Å². The summed E-state index contributed by atoms with van der Waals surface area (Å²) in [6.07, 6.45) is 0. The predicted molar refractivity (Wildman–Crippen MR) is 113 cm³/mol. The van der Waals surface area contributed by atoms with Crippen molar-refractivity contribution in [3.63, 3.8) is 0 Å². The van der Waals surface area contributed by atoms with Gasteiger partial charge in [-0.3, -0.25) is 19.8 Å². The van der Waals surface area contributed by atoms with E-state index in [2.05, 4.69) is 5.32 Å². The molecule has 1 amide bonds. The van der Waals surface area contributed by atoms with Crippen LogP contribution in [0.2, 0.25) is 5.02 Å². The number of non-ortho nitro benzene ring substituents is 1. The molecule has 0 aliphatic carbocycles. The second-order valence-electron chi connectivity index (χ2n) is 6.96. The predicted octanol–water partition coefficient (Wildman–Crippen LogP) is 2.72. The van der Waals surface area contributed by atoms with E-state index in [1.165, 1.54) is 40.7 Å². The molecule has 1 atom stereocenters. The molecule has 0 spiro atoms. The van der Waals surface area contributed by atoms with Gasteiger partial charge in [-0.1, -0.05) is 23.7 Å². The summed E-state index contributed by atoms with van der Waals surface area (Å²) in [6, 6.07) is 8.27. The van der Waals surface area contributed by atoms with E-state index < -0.39 is 32.7 Å². The van der Waals surface area contributed by atoms with Gasteiger partial charge < -0.3 is 5.32 Å². The number of carbonyl (C=O) groups is 1. The Balaban J connectivity index is 1.64. The molecular formula is C19H20ClFN4O5S. The van der Waals surface area contributed by atoms with Crippen molar-refractivity contribution in [1.82, 2.24) is 9.21 Å². The summed E-state index contributed by atoms with van der Waals surface area (Å²) in [4.78, 5) is 24.4. The Morgan fingerprint density at radius 2 is 1.84 bits per heavy atom. The lowest BCUT2D eigenvalue weighted by atomic mass is 10.2. The summed E-state index contributed by atoms with van der Waals surface area (Å²) < 4.78 is 40.5. The van der Waals surface area contributed by atoms with Crippen molar-refractivity contribution >= 4 is 38.9 Å². The molecule has 31 heavy (non-hydrogen) atoms. The van der Waals surface area contributed by atoms with E-state index in [4.69, 9.17) is 11.6 Å². The summed E-state index contributed by atoms with van der Waals surface area (Å²) in [6.45, 7) is 2.33. The summed E-state index contributed by atoms with van der Waals surface area (Å²) in [5.41, 5.74) is -0.0900. The van der Waals surface area contributed by atoms with Gasteiger partial charge in [0.25, 0.3) is 5.69 Å². The lowest BCUT2D eigenvalue weighted by Gasteiger charge is -2.36. The molecule has 0 aromatic heterocycles. The smallest absolute Gasteiger partial charge is 0.271 e. The minimum atomic E-state index is -3.98. The average Bonchev–Trinajstić information content (AvgIpc) is 2.74. The van der Waals surface area contributed by atoms with Crippen molar-refractivity contribution in [2.45, 2.75) is 17.9 Å². The summed E-state index contributed by atoms with van der Waals surface area (Å²) >= 11 is 6.02. The van der Waals surface area contributed by atoms with Crippen LogP contribution in [0.3, 0.4) is 0 Å². The monoisotopic (exact) mass is 470 g/mol. The quantitative estimate of drug-likeness (QED) is 0.513. The number of nitrogens with zero attached hydrogens (tertiary/aromatic N) is 3. The third-order valence-electron chi connectivity index (χ3n) is 5.07. The molecule has 2 aromatic carbocycles. The zero-order valence-electron chi connectivity index (χ0n) is 16.5. The van der Waals surface area contributed by atoms with E-state index in [1.54, 1.807) is 11.8 Å². The fourth-order valence-electron chi connectivity index (χ4n) is 3.25. The van der Waals surface area contributed by atoms with Crippen LogP contribution in [0, 0.1) is 15.9 Å². The standard InChI is InChI=1S/C19H20ClFN4O5S/c1-13(19(26)22-17-12-14(25(27)28)6-7-15(17)20)23-8-10-24(11-9-23)31(29,30)18-5-3-2-4-16(18)21/h2-7,12-13H,8-11H2,1H3,(H,22,26). The van der Waals surface area contributed by atoms with Crippen LogP contribution < -0.4 is 5.32 Å². The van der Waals surface area contributed by atoms with Gasteiger partial charge in [0.2, 0.25) is 15.9 Å². The molecule has 12 heteroatoms. The second kappa shape index (κ2) is 9.27. The van der Waals surface area contributed by atoms with Crippen LogP contribution in [0.4, 0.5) is 15.8 Å². The summed E-state index contributed by atoms with van der Waals surface area (Å²) in [5, 5.41) is 13.7. The number of anilines is 1. The van der Waals surface area contributed by atoms with Crippen LogP contribution in [-0.2, 0) is 14.8 Å². The molecule has 1 heterocycles. The van der Waals surface area contributed by atoms with Gasteiger partial charge in [0.15, 0.2) is 0 Å². The molecule has 0 bridgehead atoms. The van der Waals surface area contributed by atoms with Crippen LogP contribution in [0.25, 0.3) is 0 Å². The number of sulfonamides is 1. The number of rotatable bonds is 6. The number of nitrogens with one attached hydrogen (secondary N) is 1. The van der Waals surface area contributed by atoms with E-state index in [-0.39, 0.29) is 47.5 Å². The maximum Gasteiger partial charge on any atom is 0.271 e. The number of hydrogen-bond donors (Lipinski definition) is 1. The van der Waals surface area contributed by atoms with E-state index in [1.807, 2.05) is 0 Å². The Morgan fingerprint density at radius 1 is 1.19 bits per heavy atom. The molecule has 1 fully saturated rings. The van der Waals surface area contributed by atoms with Crippen molar-refractivity contribution < 1.29 is 22.5 Å². The maximum absolute atomic E-state index is 13.9. The van der Waals surface area contributed by atoms with Gasteiger partial charge in [0, 0.05) is 38.3 Å². The van der Waals surface area contributed by atoms with Crippen LogP contribution in [0.1, 0.15) is 6.92 Å². The van der Waals surface area contributed by atoms with Crippen molar-refractivity contribution in [3.8, 4) is 0 Å². The Kier molecular flexibility index (Phi) is 6.90. The van der Waals surface area contributed by atoms with Crippen molar-refractivity contribution in [1.29, 1.82) is 0 Å². The van der Waals surface area contributed by atoms with E-state index in [9.17, 15) is 27.7 Å². The van der Waals surface area contributed by atoms with Gasteiger partial charge in [-0.25, -0.2) is 12.8 Å². The first-order valence-corrected chi connectivity index (χ1v) is 11.2. The second-order valence-corrected chi connectivity index (χ2v) is 9.27. The SMILES string of the molecule is CC(C(=O)Nc1cc([N+](=O)[O-])ccc1Cl)N1CCN(S(=O)(=O)c2ccccc2F)CC1. The number of nitro groups is 1. The zero-order valence-corrected chi connectivity index (χ0v) is 18.1. The Bertz CT molecular complexity index is 1110. The van der Waals surface area contributed by atoms with Crippen molar-refractivity contribution in [3.05, 3.63) is 63.4 Å². The first kappa shape index (κ1) is 23.1. The average molecular weight is 471 g/mol. The number of carbonyl (C=O) groups excluding carboxylic acids is 1. The van der Waals surface area contributed by atoms with Crippen molar-refractivity contribution in [2.75, 3.05) is 31.5 Å². The molecule has 0 saturated carbocycles. The number of piperazine rings is 1. The highest BCUT2D eigenvalue weighted by Crippen LogP contribution is 2.27. The molecular weight excluding hydrogens is 451 g/mol. The lowest BCUT2D eigenvalue weighted by Crippen LogP contribution is -2.54. The molecule has 3 rings (SSSR count). The zero-order chi connectivity index (χ0) is 22.8. The minimum Gasteiger partial charge on any atom is -0.323 e. The van der Waals surface area contributed by atoms with E-state index in [0.29, 0.717) is 0 Å². The topological polar surface area (TPSA) is 113 Å². The third kappa shape index (κ3) is 5.01. The van der Waals surface area contributed by atoms with Crippen LogP contribution >= 0.6 is 11.6 Å². The molecule has 1 aliphatic rings. The fraction of sp³-hybridized carbons (Fsp3) is 0.316. The number of nitro benzene ring substituents is 1. The molecule has 0 radical (unpaired) electrons. The van der Waals surface area contributed by atoms with Crippen LogP contribution in [0.15, 0.2) is 47.4 Å². The van der Waals surface area contributed by atoms with Gasteiger partial charge in [0.1, 0.15) is 10.7 Å². The van der Waals surface area contributed by atoms with Gasteiger partial charge in [-0.2, -0.15) is 4.31 Å².